The topological polar surface area (TPSA) is 12.0 Å². The molecule has 0 saturated carbocycles. The fraction of sp³-hybridized carbons (Fsp3) is 0.733. The van der Waals surface area contributed by atoms with E-state index in [1.165, 1.54) is 49.0 Å². The van der Waals surface area contributed by atoms with E-state index in [4.69, 9.17) is 0 Å². The third-order valence-corrected chi connectivity index (χ3v) is 4.34. The zero-order valence-corrected chi connectivity index (χ0v) is 12.4. The van der Waals surface area contributed by atoms with Crippen LogP contribution in [-0.2, 0) is 6.54 Å². The molecule has 0 aliphatic carbocycles. The summed E-state index contributed by atoms with van der Waals surface area (Å²) in [7, 11) is 0. The maximum absolute atomic E-state index is 3.63. The Morgan fingerprint density at radius 3 is 2.65 bits per heavy atom. The predicted octanol–water partition coefficient (Wildman–Crippen LogP) is 4.90. The van der Waals surface area contributed by atoms with E-state index in [0.717, 1.165) is 6.54 Å². The van der Waals surface area contributed by atoms with Crippen molar-refractivity contribution in [2.45, 2.75) is 71.9 Å². The molecule has 0 aliphatic rings. The smallest absolute Gasteiger partial charge is 0.0304 e. The predicted molar refractivity (Wildman–Crippen MR) is 78.7 cm³/mol. The molecule has 0 spiro atoms. The van der Waals surface area contributed by atoms with Gasteiger partial charge in [0.15, 0.2) is 0 Å². The van der Waals surface area contributed by atoms with E-state index in [9.17, 15) is 0 Å². The zero-order valence-electron chi connectivity index (χ0n) is 11.6. The fourth-order valence-corrected chi connectivity index (χ4v) is 2.87. The lowest BCUT2D eigenvalue weighted by Crippen LogP contribution is -2.25. The summed E-state index contributed by atoms with van der Waals surface area (Å²) in [5.41, 5.74) is 1.43. The molecule has 0 amide bonds. The summed E-state index contributed by atoms with van der Waals surface area (Å²) in [4.78, 5) is 1.49. The van der Waals surface area contributed by atoms with Crippen LogP contribution in [0.4, 0.5) is 0 Å². The van der Waals surface area contributed by atoms with Gasteiger partial charge in [0, 0.05) is 17.5 Å². The third kappa shape index (κ3) is 6.23. The van der Waals surface area contributed by atoms with Gasteiger partial charge in [-0.3, -0.25) is 0 Å². The molecule has 98 valence electrons. The minimum absolute atomic E-state index is 0.651. The molecule has 1 aromatic rings. The van der Waals surface area contributed by atoms with Gasteiger partial charge in [0.1, 0.15) is 0 Å². The number of nitrogens with one attached hydrogen (secondary N) is 1. The highest BCUT2D eigenvalue weighted by Gasteiger charge is 2.03. The van der Waals surface area contributed by atoms with Crippen LogP contribution in [0.25, 0.3) is 0 Å². The van der Waals surface area contributed by atoms with Gasteiger partial charge in [0.2, 0.25) is 0 Å². The SMILES string of the molecule is CCCCCCCC(C)NCc1sccc1C. The molecule has 1 rings (SSSR count). The summed E-state index contributed by atoms with van der Waals surface area (Å²) in [6, 6.07) is 2.86. The van der Waals surface area contributed by atoms with Gasteiger partial charge in [-0.1, -0.05) is 39.0 Å². The average molecular weight is 253 g/mol. The maximum atomic E-state index is 3.63. The molecule has 0 saturated heterocycles. The zero-order chi connectivity index (χ0) is 12.5. The fourth-order valence-electron chi connectivity index (χ4n) is 2.01. The molecule has 0 bridgehead atoms. The molecule has 1 heterocycles. The standard InChI is InChI=1S/C15H27NS/c1-4-5-6-7-8-9-14(3)16-12-15-13(2)10-11-17-15/h10-11,14,16H,4-9,12H2,1-3H3. The van der Waals surface area contributed by atoms with E-state index < -0.39 is 0 Å². The van der Waals surface area contributed by atoms with E-state index >= 15 is 0 Å². The number of unbranched alkanes of at least 4 members (excludes halogenated alkanes) is 4. The van der Waals surface area contributed by atoms with Gasteiger partial charge in [-0.15, -0.1) is 11.3 Å². The van der Waals surface area contributed by atoms with Crippen molar-refractivity contribution in [3.05, 3.63) is 21.9 Å². The Bertz CT molecular complexity index is 293. The normalized spacial score (nSPS) is 12.9. The van der Waals surface area contributed by atoms with Crippen LogP contribution in [0, 0.1) is 6.92 Å². The summed E-state index contributed by atoms with van der Waals surface area (Å²) in [6.45, 7) is 7.82. The molecular formula is C15H27NS. The van der Waals surface area contributed by atoms with E-state index in [1.807, 2.05) is 11.3 Å². The number of hydrogen-bond donors (Lipinski definition) is 1. The summed E-state index contributed by atoms with van der Waals surface area (Å²) < 4.78 is 0. The van der Waals surface area contributed by atoms with Crippen molar-refractivity contribution in [2.24, 2.45) is 0 Å². The number of thiophene rings is 1. The monoisotopic (exact) mass is 253 g/mol. The Kier molecular flexibility index (Phi) is 7.54. The molecule has 0 aromatic carbocycles. The average Bonchev–Trinajstić information content (AvgIpc) is 2.72. The van der Waals surface area contributed by atoms with Crippen LogP contribution in [0.15, 0.2) is 11.4 Å². The van der Waals surface area contributed by atoms with Crippen LogP contribution in [-0.4, -0.2) is 6.04 Å². The van der Waals surface area contributed by atoms with Crippen LogP contribution < -0.4 is 5.32 Å². The second-order valence-corrected chi connectivity index (χ2v) is 6.01. The molecule has 1 atom stereocenters. The van der Waals surface area contributed by atoms with Crippen molar-refractivity contribution < 1.29 is 0 Å². The lowest BCUT2D eigenvalue weighted by atomic mass is 10.1. The minimum Gasteiger partial charge on any atom is -0.309 e. The second-order valence-electron chi connectivity index (χ2n) is 5.01. The summed E-state index contributed by atoms with van der Waals surface area (Å²) in [5, 5.41) is 5.81. The van der Waals surface area contributed by atoms with Gasteiger partial charge in [-0.2, -0.15) is 0 Å². The molecule has 17 heavy (non-hydrogen) atoms. The van der Waals surface area contributed by atoms with Crippen LogP contribution in [0.2, 0.25) is 0 Å². The lowest BCUT2D eigenvalue weighted by Gasteiger charge is -2.13. The van der Waals surface area contributed by atoms with Crippen molar-refractivity contribution in [3.8, 4) is 0 Å². The van der Waals surface area contributed by atoms with Crippen molar-refractivity contribution >= 4 is 11.3 Å². The number of aryl methyl sites for hydroxylation is 1. The van der Waals surface area contributed by atoms with Crippen LogP contribution >= 0.6 is 11.3 Å². The highest BCUT2D eigenvalue weighted by molar-refractivity contribution is 7.10. The first-order valence-electron chi connectivity index (χ1n) is 7.00. The van der Waals surface area contributed by atoms with E-state index in [0.29, 0.717) is 6.04 Å². The van der Waals surface area contributed by atoms with Crippen molar-refractivity contribution in [3.63, 3.8) is 0 Å². The summed E-state index contributed by atoms with van der Waals surface area (Å²) in [5.74, 6) is 0. The first kappa shape index (κ1) is 14.7. The van der Waals surface area contributed by atoms with E-state index in [2.05, 4.69) is 37.5 Å². The van der Waals surface area contributed by atoms with Crippen molar-refractivity contribution in [1.82, 2.24) is 5.32 Å². The number of rotatable bonds is 9. The highest BCUT2D eigenvalue weighted by Crippen LogP contribution is 2.15. The van der Waals surface area contributed by atoms with Crippen LogP contribution in [0.3, 0.4) is 0 Å². The van der Waals surface area contributed by atoms with Gasteiger partial charge in [-0.25, -0.2) is 0 Å². The van der Waals surface area contributed by atoms with E-state index in [1.54, 1.807) is 0 Å². The minimum atomic E-state index is 0.651. The van der Waals surface area contributed by atoms with Gasteiger partial charge >= 0.3 is 0 Å². The number of hydrogen-bond acceptors (Lipinski definition) is 2. The molecule has 1 nitrogen and oxygen atoms in total. The Morgan fingerprint density at radius 2 is 2.00 bits per heavy atom. The maximum Gasteiger partial charge on any atom is 0.0304 e. The first-order chi connectivity index (χ1) is 8.24. The van der Waals surface area contributed by atoms with E-state index in [-0.39, 0.29) is 0 Å². The Balaban J connectivity index is 2.05. The molecule has 0 aliphatic heterocycles. The largest absolute Gasteiger partial charge is 0.309 e. The lowest BCUT2D eigenvalue weighted by molar-refractivity contribution is 0.481. The van der Waals surface area contributed by atoms with Crippen molar-refractivity contribution in [2.75, 3.05) is 0 Å². The first-order valence-corrected chi connectivity index (χ1v) is 7.88. The van der Waals surface area contributed by atoms with Gasteiger partial charge in [0.05, 0.1) is 0 Å². The van der Waals surface area contributed by atoms with Gasteiger partial charge in [-0.05, 0) is 37.3 Å². The Morgan fingerprint density at radius 1 is 1.24 bits per heavy atom. The van der Waals surface area contributed by atoms with Crippen LogP contribution in [0.1, 0.15) is 62.8 Å². The summed E-state index contributed by atoms with van der Waals surface area (Å²) in [6.07, 6.45) is 8.23. The summed E-state index contributed by atoms with van der Waals surface area (Å²) >= 11 is 1.86. The second kappa shape index (κ2) is 8.71. The van der Waals surface area contributed by atoms with Gasteiger partial charge < -0.3 is 5.32 Å². The highest BCUT2D eigenvalue weighted by atomic mass is 32.1. The molecule has 1 N–H and O–H groups in total. The van der Waals surface area contributed by atoms with Crippen molar-refractivity contribution in [1.29, 1.82) is 0 Å². The molecule has 0 radical (unpaired) electrons. The molecule has 1 unspecified atom stereocenters. The molecule has 0 fully saturated rings. The molecule has 1 aromatic heterocycles. The Hall–Kier alpha value is -0.340. The third-order valence-electron chi connectivity index (χ3n) is 3.32. The van der Waals surface area contributed by atoms with Crippen LogP contribution in [0.5, 0.6) is 0 Å². The molecule has 2 heteroatoms. The molecular weight excluding hydrogens is 226 g/mol. The van der Waals surface area contributed by atoms with Gasteiger partial charge in [0.25, 0.3) is 0 Å². The Labute approximate surface area is 111 Å². The quantitative estimate of drug-likeness (QED) is 0.618.